The van der Waals surface area contributed by atoms with Gasteiger partial charge in [-0.25, -0.2) is 10.8 Å². The maximum Gasteiger partial charge on any atom is 0.252 e. The highest BCUT2D eigenvalue weighted by Crippen LogP contribution is 1.83. The van der Waals surface area contributed by atoms with Gasteiger partial charge in [0, 0.05) is 12.3 Å². The molecule has 0 aliphatic heterocycles. The van der Waals surface area contributed by atoms with Crippen molar-refractivity contribution in [2.24, 2.45) is 5.84 Å². The number of rotatable bonds is 1. The molecule has 1 heterocycles. The van der Waals surface area contributed by atoms with Gasteiger partial charge in [-0.05, 0) is 0 Å². The van der Waals surface area contributed by atoms with Gasteiger partial charge in [0.1, 0.15) is 0 Å². The number of H-pyrrole nitrogens is 1. The van der Waals surface area contributed by atoms with Crippen molar-refractivity contribution in [3.05, 3.63) is 22.6 Å². The molecule has 0 spiro atoms. The maximum atomic E-state index is 10.5. The molecule has 0 unspecified atom stereocenters. The first kappa shape index (κ1) is 5.77. The smallest absolute Gasteiger partial charge is 0.252 e. The Balaban J connectivity index is 3.08. The summed E-state index contributed by atoms with van der Waals surface area (Å²) in [5, 5.41) is 0. The van der Waals surface area contributed by atoms with E-state index in [4.69, 9.17) is 5.84 Å². The van der Waals surface area contributed by atoms with E-state index in [1.807, 2.05) is 0 Å². The molecular weight excluding hydrogens is 120 g/mol. The second-order valence-corrected chi connectivity index (χ2v) is 1.43. The van der Waals surface area contributed by atoms with Crippen LogP contribution in [0.15, 0.2) is 17.1 Å². The molecule has 0 amide bonds. The molecule has 0 aliphatic carbocycles. The van der Waals surface area contributed by atoms with Crippen molar-refractivity contribution >= 4 is 5.95 Å². The van der Waals surface area contributed by atoms with Crippen molar-refractivity contribution < 1.29 is 0 Å². The van der Waals surface area contributed by atoms with E-state index >= 15 is 0 Å². The quantitative estimate of drug-likeness (QED) is 0.335. The number of nitrogens with zero attached hydrogens (tertiary/aromatic N) is 1. The molecule has 0 aromatic carbocycles. The highest BCUT2D eigenvalue weighted by Gasteiger charge is 1.85. The highest BCUT2D eigenvalue weighted by atomic mass is 16.1. The summed E-state index contributed by atoms with van der Waals surface area (Å²) in [5.74, 6) is 5.20. The normalized spacial score (nSPS) is 9.00. The van der Waals surface area contributed by atoms with Gasteiger partial charge in [0.25, 0.3) is 5.56 Å². The number of anilines is 1. The Morgan fingerprint density at radius 3 is 3.00 bits per heavy atom. The van der Waals surface area contributed by atoms with Crippen molar-refractivity contribution in [2.75, 3.05) is 5.43 Å². The summed E-state index contributed by atoms with van der Waals surface area (Å²) in [4.78, 5) is 16.5. The van der Waals surface area contributed by atoms with Crippen molar-refractivity contribution in [2.45, 2.75) is 0 Å². The molecule has 9 heavy (non-hydrogen) atoms. The number of nitrogens with two attached hydrogens (primary N) is 1. The molecule has 0 bridgehead atoms. The second kappa shape index (κ2) is 2.27. The van der Waals surface area contributed by atoms with Gasteiger partial charge in [-0.2, -0.15) is 0 Å². The summed E-state index contributed by atoms with van der Waals surface area (Å²) in [6, 6.07) is 1.31. The molecule has 0 saturated heterocycles. The van der Waals surface area contributed by atoms with Gasteiger partial charge in [-0.3, -0.25) is 15.2 Å². The summed E-state index contributed by atoms with van der Waals surface area (Å²) in [7, 11) is 0. The van der Waals surface area contributed by atoms with Crippen LogP contribution in [0.4, 0.5) is 5.95 Å². The molecule has 0 atom stereocenters. The van der Waals surface area contributed by atoms with E-state index in [0.29, 0.717) is 0 Å². The largest absolute Gasteiger partial charge is 0.294 e. The van der Waals surface area contributed by atoms with Crippen LogP contribution in [0.2, 0.25) is 0 Å². The van der Waals surface area contributed by atoms with Crippen molar-refractivity contribution in [1.82, 2.24) is 9.97 Å². The number of aromatic amines is 1. The first-order valence-corrected chi connectivity index (χ1v) is 2.35. The molecule has 1 rings (SSSR count). The Labute approximate surface area is 50.9 Å². The summed E-state index contributed by atoms with van der Waals surface area (Å²) in [6.45, 7) is 0. The third-order valence-electron chi connectivity index (χ3n) is 0.808. The Bertz CT molecular complexity index is 242. The van der Waals surface area contributed by atoms with Gasteiger partial charge in [0.2, 0.25) is 5.95 Å². The van der Waals surface area contributed by atoms with Gasteiger partial charge in [0.05, 0.1) is 0 Å². The lowest BCUT2D eigenvalue weighted by molar-refractivity contribution is 1.08. The number of hydrazine groups is 1. The molecule has 0 fully saturated rings. The topological polar surface area (TPSA) is 83.8 Å². The molecule has 0 radical (unpaired) electrons. The average molecular weight is 126 g/mol. The van der Waals surface area contributed by atoms with Crippen LogP contribution in [-0.2, 0) is 0 Å². The first-order valence-electron chi connectivity index (χ1n) is 2.35. The van der Waals surface area contributed by atoms with Crippen LogP contribution in [0.1, 0.15) is 0 Å². The molecule has 5 heteroatoms. The predicted molar refractivity (Wildman–Crippen MR) is 32.7 cm³/mol. The van der Waals surface area contributed by atoms with Crippen LogP contribution in [0, 0.1) is 0 Å². The zero-order valence-electron chi connectivity index (χ0n) is 4.59. The van der Waals surface area contributed by atoms with E-state index in [-0.39, 0.29) is 11.5 Å². The molecule has 0 saturated carbocycles. The fourth-order valence-corrected chi connectivity index (χ4v) is 0.443. The SMILES string of the molecule is NNc1nccc(=O)[nH]1. The van der Waals surface area contributed by atoms with E-state index in [1.54, 1.807) is 0 Å². The van der Waals surface area contributed by atoms with E-state index in [1.165, 1.54) is 12.3 Å². The van der Waals surface area contributed by atoms with E-state index in [0.717, 1.165) is 0 Å². The molecule has 1 aromatic rings. The summed E-state index contributed by atoms with van der Waals surface area (Å²) < 4.78 is 0. The molecule has 4 N–H and O–H groups in total. The number of hydrogen-bond donors (Lipinski definition) is 3. The van der Waals surface area contributed by atoms with Gasteiger partial charge < -0.3 is 0 Å². The lowest BCUT2D eigenvalue weighted by Gasteiger charge is -1.93. The fraction of sp³-hybridized carbons (Fsp3) is 0. The minimum Gasteiger partial charge on any atom is -0.294 e. The number of nitrogens with one attached hydrogen (secondary N) is 2. The lowest BCUT2D eigenvalue weighted by atomic mass is 10.7. The maximum absolute atomic E-state index is 10.5. The fourth-order valence-electron chi connectivity index (χ4n) is 0.443. The Kier molecular flexibility index (Phi) is 1.46. The van der Waals surface area contributed by atoms with Crippen molar-refractivity contribution in [1.29, 1.82) is 0 Å². The Morgan fingerprint density at radius 2 is 2.56 bits per heavy atom. The summed E-state index contributed by atoms with van der Waals surface area (Å²) in [5.41, 5.74) is 1.98. The van der Waals surface area contributed by atoms with Crippen LogP contribution in [0.25, 0.3) is 0 Å². The molecule has 0 aliphatic rings. The van der Waals surface area contributed by atoms with E-state index in [9.17, 15) is 4.79 Å². The molecular formula is C4H6N4O. The van der Waals surface area contributed by atoms with Crippen molar-refractivity contribution in [3.63, 3.8) is 0 Å². The summed E-state index contributed by atoms with van der Waals surface area (Å²) >= 11 is 0. The zero-order valence-corrected chi connectivity index (χ0v) is 4.59. The van der Waals surface area contributed by atoms with E-state index < -0.39 is 0 Å². The van der Waals surface area contributed by atoms with Crippen molar-refractivity contribution in [3.8, 4) is 0 Å². The Morgan fingerprint density at radius 1 is 1.78 bits per heavy atom. The third kappa shape index (κ3) is 1.26. The van der Waals surface area contributed by atoms with Crippen LogP contribution in [0.5, 0.6) is 0 Å². The van der Waals surface area contributed by atoms with Gasteiger partial charge in [-0.15, -0.1) is 0 Å². The number of nitrogen functional groups attached to an aromatic ring is 1. The minimum atomic E-state index is -0.224. The van der Waals surface area contributed by atoms with Gasteiger partial charge in [-0.1, -0.05) is 0 Å². The van der Waals surface area contributed by atoms with Crippen LogP contribution < -0.4 is 16.8 Å². The van der Waals surface area contributed by atoms with Crippen LogP contribution in [0.3, 0.4) is 0 Å². The first-order chi connectivity index (χ1) is 4.33. The minimum absolute atomic E-state index is 0.224. The number of aromatic nitrogens is 2. The van der Waals surface area contributed by atoms with E-state index in [2.05, 4.69) is 15.4 Å². The monoisotopic (exact) mass is 126 g/mol. The van der Waals surface area contributed by atoms with Gasteiger partial charge in [0.15, 0.2) is 0 Å². The lowest BCUT2D eigenvalue weighted by Crippen LogP contribution is -2.15. The molecule has 5 nitrogen and oxygen atoms in total. The Hall–Kier alpha value is -1.36. The van der Waals surface area contributed by atoms with Crippen LogP contribution in [-0.4, -0.2) is 9.97 Å². The second-order valence-electron chi connectivity index (χ2n) is 1.43. The summed E-state index contributed by atoms with van der Waals surface area (Å²) in [6.07, 6.45) is 1.37. The zero-order chi connectivity index (χ0) is 6.69. The van der Waals surface area contributed by atoms with Gasteiger partial charge >= 0.3 is 0 Å². The standard InChI is InChI=1S/C4H6N4O/c5-8-4-6-2-1-3(9)7-4/h1-2H,5H2,(H2,6,7,8,9). The van der Waals surface area contributed by atoms with Crippen LogP contribution >= 0.6 is 0 Å². The number of hydrogen-bond acceptors (Lipinski definition) is 4. The molecule has 1 aromatic heterocycles. The highest BCUT2D eigenvalue weighted by molar-refractivity contribution is 5.18. The molecule has 48 valence electrons. The average Bonchev–Trinajstić information content (AvgIpc) is 1.88. The predicted octanol–water partition coefficient (Wildman–Crippen LogP) is -0.945. The third-order valence-corrected chi connectivity index (χ3v) is 0.808.